The molecular formula is C27H36N6O6. The smallest absolute Gasteiger partial charge is 0.404 e. The predicted molar refractivity (Wildman–Crippen MR) is 143 cm³/mol. The van der Waals surface area contributed by atoms with Crippen LogP contribution >= 0.6 is 0 Å². The van der Waals surface area contributed by atoms with Gasteiger partial charge < -0.3 is 39.1 Å². The number of unbranched alkanes of at least 4 members (excludes halogenated alkanes) is 1. The van der Waals surface area contributed by atoms with E-state index in [1.807, 2.05) is 36.7 Å². The number of carbonyl (C=O) groups excluding carboxylic acids is 2. The zero-order valence-electron chi connectivity index (χ0n) is 22.0. The van der Waals surface area contributed by atoms with Crippen molar-refractivity contribution < 1.29 is 28.5 Å². The molecule has 0 saturated heterocycles. The molecule has 2 amide bonds. The lowest BCUT2D eigenvalue weighted by Gasteiger charge is -2.10. The van der Waals surface area contributed by atoms with Crippen LogP contribution in [-0.2, 0) is 36.8 Å². The maximum Gasteiger partial charge on any atom is 0.404 e. The zero-order valence-corrected chi connectivity index (χ0v) is 22.0. The highest BCUT2D eigenvalue weighted by molar-refractivity contribution is 5.81. The third kappa shape index (κ3) is 10.8. The fourth-order valence-corrected chi connectivity index (χ4v) is 3.90. The Morgan fingerprint density at radius 3 is 2.44 bits per heavy atom. The number of aromatic nitrogens is 3. The van der Waals surface area contributed by atoms with Gasteiger partial charge in [-0.3, -0.25) is 4.79 Å². The molecule has 3 rings (SSSR count). The minimum atomic E-state index is -0.820. The van der Waals surface area contributed by atoms with E-state index >= 15 is 0 Å². The van der Waals surface area contributed by atoms with Gasteiger partial charge in [-0.05, 0) is 36.4 Å². The van der Waals surface area contributed by atoms with Crippen LogP contribution in [0.5, 0.6) is 0 Å². The predicted octanol–water partition coefficient (Wildman–Crippen LogP) is 2.19. The number of nitrogens with zero attached hydrogens (tertiary/aromatic N) is 4. The van der Waals surface area contributed by atoms with Crippen LogP contribution in [0.1, 0.15) is 30.7 Å². The molecule has 3 aromatic rings. The summed E-state index contributed by atoms with van der Waals surface area (Å²) < 4.78 is 24.7. The van der Waals surface area contributed by atoms with Gasteiger partial charge in [-0.15, -0.1) is 0 Å². The summed E-state index contributed by atoms with van der Waals surface area (Å²) in [7, 11) is 0. The largest absolute Gasteiger partial charge is 0.447 e. The standard InChI is InChI=1S/C27H36N6O6/c28-20-22-4-5-23-6-10-33(24(23)19-22)21-25-30-7-11-32(25)9-2-1-3-26(34)31-8-12-36-13-14-37-15-16-38-17-18-39-27(29)35/h4-7,10-11,19H,1-3,8-9,12-18,21H2,(H2,29,35)(H,31,34). The number of rotatable bonds is 19. The molecule has 0 spiro atoms. The van der Waals surface area contributed by atoms with Gasteiger partial charge in [0.2, 0.25) is 5.91 Å². The van der Waals surface area contributed by atoms with Crippen LogP contribution in [-0.4, -0.2) is 78.9 Å². The number of nitrogens with one attached hydrogen (secondary N) is 1. The molecule has 1 aromatic carbocycles. The van der Waals surface area contributed by atoms with E-state index in [1.165, 1.54) is 0 Å². The quantitative estimate of drug-likeness (QED) is 0.219. The van der Waals surface area contributed by atoms with E-state index in [0.717, 1.165) is 36.1 Å². The Labute approximate surface area is 227 Å². The van der Waals surface area contributed by atoms with Crippen LogP contribution in [0.2, 0.25) is 0 Å². The lowest BCUT2D eigenvalue weighted by Crippen LogP contribution is -2.27. The summed E-state index contributed by atoms with van der Waals surface area (Å²) in [6.45, 7) is 4.28. The van der Waals surface area contributed by atoms with Gasteiger partial charge in [0.05, 0.1) is 57.8 Å². The number of ether oxygens (including phenoxy) is 4. The summed E-state index contributed by atoms with van der Waals surface area (Å²) in [5.41, 5.74) is 6.48. The second-order valence-corrected chi connectivity index (χ2v) is 8.68. The summed E-state index contributed by atoms with van der Waals surface area (Å²) >= 11 is 0. The van der Waals surface area contributed by atoms with Gasteiger partial charge in [0, 0.05) is 43.6 Å². The van der Waals surface area contributed by atoms with E-state index < -0.39 is 6.09 Å². The second-order valence-electron chi connectivity index (χ2n) is 8.68. The second kappa shape index (κ2) is 16.8. The molecule has 12 nitrogen and oxygen atoms in total. The topological polar surface area (TPSA) is 156 Å². The van der Waals surface area contributed by atoms with Crippen LogP contribution in [0, 0.1) is 11.3 Å². The molecule has 0 aliphatic heterocycles. The molecule has 2 heterocycles. The van der Waals surface area contributed by atoms with Crippen molar-refractivity contribution in [2.24, 2.45) is 5.73 Å². The molecule has 3 N–H and O–H groups in total. The fraction of sp³-hybridized carbons (Fsp3) is 0.481. The molecule has 0 fully saturated rings. The number of hydrogen-bond donors (Lipinski definition) is 2. The minimum absolute atomic E-state index is 0.00489. The molecule has 0 unspecified atom stereocenters. The first-order chi connectivity index (χ1) is 19.1. The number of aryl methyl sites for hydroxylation is 1. The van der Waals surface area contributed by atoms with Crippen molar-refractivity contribution in [1.29, 1.82) is 5.26 Å². The van der Waals surface area contributed by atoms with Crippen molar-refractivity contribution in [2.45, 2.75) is 32.4 Å². The van der Waals surface area contributed by atoms with Crippen LogP contribution in [0.3, 0.4) is 0 Å². The lowest BCUT2D eigenvalue weighted by atomic mass is 10.2. The number of amides is 2. The molecule has 0 atom stereocenters. The SMILES string of the molecule is N#Cc1ccc2ccn(Cc3nccn3CCCCC(=O)NCCOCCOCCOCCOC(N)=O)c2c1. The molecule has 0 radical (unpaired) electrons. The average molecular weight is 541 g/mol. The Morgan fingerprint density at radius 2 is 1.69 bits per heavy atom. The highest BCUT2D eigenvalue weighted by atomic mass is 16.6. The van der Waals surface area contributed by atoms with Crippen molar-refractivity contribution in [2.75, 3.05) is 52.8 Å². The van der Waals surface area contributed by atoms with Gasteiger partial charge in [-0.25, -0.2) is 9.78 Å². The first kappa shape index (κ1) is 29.6. The average Bonchev–Trinajstić information content (AvgIpc) is 3.55. The molecule has 12 heteroatoms. The molecular weight excluding hydrogens is 504 g/mol. The van der Waals surface area contributed by atoms with Gasteiger partial charge in [0.15, 0.2) is 0 Å². The van der Waals surface area contributed by atoms with Crippen LogP contribution < -0.4 is 11.1 Å². The van der Waals surface area contributed by atoms with Gasteiger partial charge in [0.25, 0.3) is 0 Å². The third-order valence-electron chi connectivity index (χ3n) is 5.85. The van der Waals surface area contributed by atoms with Crippen molar-refractivity contribution in [3.8, 4) is 6.07 Å². The molecule has 0 bridgehead atoms. The minimum Gasteiger partial charge on any atom is -0.447 e. The zero-order chi connectivity index (χ0) is 27.7. The number of imidazole rings is 1. The van der Waals surface area contributed by atoms with E-state index in [-0.39, 0.29) is 19.1 Å². The fourth-order valence-electron chi connectivity index (χ4n) is 3.90. The van der Waals surface area contributed by atoms with E-state index in [2.05, 4.69) is 30.2 Å². The Morgan fingerprint density at radius 1 is 0.949 bits per heavy atom. The summed E-state index contributed by atoms with van der Waals surface area (Å²) in [5.74, 6) is 0.938. The maximum absolute atomic E-state index is 12.1. The monoisotopic (exact) mass is 540 g/mol. The van der Waals surface area contributed by atoms with Gasteiger partial charge in [-0.2, -0.15) is 5.26 Å². The normalized spacial score (nSPS) is 10.9. The highest BCUT2D eigenvalue weighted by Gasteiger charge is 2.08. The number of nitrogens with two attached hydrogens (primary N) is 1. The number of hydrogen-bond acceptors (Lipinski definition) is 8. The third-order valence-corrected chi connectivity index (χ3v) is 5.85. The Bertz CT molecular complexity index is 1220. The maximum atomic E-state index is 12.1. The van der Waals surface area contributed by atoms with E-state index in [1.54, 1.807) is 6.20 Å². The number of nitriles is 1. The summed E-state index contributed by atoms with van der Waals surface area (Å²) in [6.07, 6.45) is 7.02. The number of benzene rings is 1. The van der Waals surface area contributed by atoms with Gasteiger partial charge in [-0.1, -0.05) is 6.07 Å². The molecule has 0 aliphatic carbocycles. The number of fused-ring (bicyclic) bond motifs is 1. The number of carbonyl (C=O) groups is 2. The molecule has 210 valence electrons. The molecule has 2 aromatic heterocycles. The Kier molecular flexibility index (Phi) is 12.8. The van der Waals surface area contributed by atoms with Crippen LogP contribution in [0.15, 0.2) is 42.9 Å². The lowest BCUT2D eigenvalue weighted by molar-refractivity contribution is -0.121. The van der Waals surface area contributed by atoms with Gasteiger partial charge >= 0.3 is 6.09 Å². The van der Waals surface area contributed by atoms with Crippen LogP contribution in [0.4, 0.5) is 4.79 Å². The highest BCUT2D eigenvalue weighted by Crippen LogP contribution is 2.19. The van der Waals surface area contributed by atoms with E-state index in [9.17, 15) is 14.9 Å². The van der Waals surface area contributed by atoms with Crippen molar-refractivity contribution >= 4 is 22.9 Å². The molecule has 0 aliphatic rings. The Balaban J connectivity index is 1.20. The van der Waals surface area contributed by atoms with Crippen molar-refractivity contribution in [3.05, 3.63) is 54.2 Å². The number of primary amides is 1. The van der Waals surface area contributed by atoms with E-state index in [0.29, 0.717) is 58.1 Å². The van der Waals surface area contributed by atoms with Gasteiger partial charge in [0.1, 0.15) is 12.4 Å². The van der Waals surface area contributed by atoms with E-state index in [4.69, 9.17) is 19.9 Å². The molecule has 39 heavy (non-hydrogen) atoms. The summed E-state index contributed by atoms with van der Waals surface area (Å²) in [4.78, 5) is 27.0. The first-order valence-corrected chi connectivity index (χ1v) is 13.0. The summed E-state index contributed by atoms with van der Waals surface area (Å²) in [5, 5.41) is 13.2. The van der Waals surface area contributed by atoms with Crippen molar-refractivity contribution in [3.63, 3.8) is 0 Å². The molecule has 0 saturated carbocycles. The first-order valence-electron chi connectivity index (χ1n) is 13.0. The summed E-state index contributed by atoms with van der Waals surface area (Å²) in [6, 6.07) is 9.90. The Hall–Kier alpha value is -3.92. The van der Waals surface area contributed by atoms with Crippen LogP contribution in [0.25, 0.3) is 10.9 Å². The van der Waals surface area contributed by atoms with Crippen molar-refractivity contribution in [1.82, 2.24) is 19.4 Å².